The number of hydrogen-bond donors (Lipinski definition) is 2. The van der Waals surface area contributed by atoms with Gasteiger partial charge in [-0.2, -0.15) is 0 Å². The molecule has 0 aliphatic heterocycles. The molecule has 4 nitrogen and oxygen atoms in total. The van der Waals surface area contributed by atoms with Gasteiger partial charge in [-0.25, -0.2) is 9.59 Å². The molecule has 0 saturated heterocycles. The zero-order valence-electron chi connectivity index (χ0n) is 23.7. The Kier molecular flexibility index (Phi) is 34.2. The molecule has 0 saturated carbocycles. The maximum atomic E-state index is 10.7. The third-order valence-electron chi connectivity index (χ3n) is 6.06. The maximum Gasteiger partial charge on any atom is 0.328 e. The van der Waals surface area contributed by atoms with Gasteiger partial charge >= 0.3 is 11.9 Å². The fourth-order valence-electron chi connectivity index (χ4n) is 4.00. The molecular weight excluding hydrogens is 490 g/mol. The zero-order chi connectivity index (χ0) is 25.9. The minimum Gasteiger partial charge on any atom is -0.478 e. The summed E-state index contributed by atoms with van der Waals surface area (Å²) in [4.78, 5) is 21.4. The quantitative estimate of drug-likeness (QED) is 0.0806. The van der Waals surface area contributed by atoms with Crippen LogP contribution in [0.2, 0.25) is 0 Å². The van der Waals surface area contributed by atoms with Gasteiger partial charge in [-0.1, -0.05) is 116 Å². The van der Waals surface area contributed by atoms with Crippen molar-refractivity contribution in [2.45, 2.75) is 156 Å². The maximum absolute atomic E-state index is 10.7. The van der Waals surface area contributed by atoms with Crippen molar-refractivity contribution in [1.29, 1.82) is 0 Å². The molecule has 0 heterocycles. The van der Waals surface area contributed by atoms with Gasteiger partial charge in [0.1, 0.15) is 0 Å². The second-order valence-corrected chi connectivity index (χ2v) is 9.52. The van der Waals surface area contributed by atoms with E-state index in [1.165, 1.54) is 89.2 Å². The van der Waals surface area contributed by atoms with E-state index in [0.717, 1.165) is 62.5 Å². The van der Waals surface area contributed by atoms with Crippen molar-refractivity contribution in [3.05, 3.63) is 23.3 Å². The molecule has 0 unspecified atom stereocenters. The predicted molar refractivity (Wildman–Crippen MR) is 146 cm³/mol. The summed E-state index contributed by atoms with van der Waals surface area (Å²) < 4.78 is 0. The van der Waals surface area contributed by atoms with Crippen LogP contribution in [0.25, 0.3) is 0 Å². The Morgan fingerprint density at radius 2 is 0.686 bits per heavy atom. The Bertz CT molecular complexity index is 464. The Hall–Kier alpha value is -0.957. The Labute approximate surface area is 230 Å². The second kappa shape index (κ2) is 31.1. The third-order valence-corrected chi connectivity index (χ3v) is 6.06. The van der Waals surface area contributed by atoms with Crippen LogP contribution in [0, 0.1) is 0 Å². The van der Waals surface area contributed by atoms with Crippen LogP contribution in [0.1, 0.15) is 156 Å². The number of carboxylic acids is 2. The van der Waals surface area contributed by atoms with Gasteiger partial charge in [0.25, 0.3) is 0 Å². The van der Waals surface area contributed by atoms with E-state index >= 15 is 0 Å². The second-order valence-electron chi connectivity index (χ2n) is 9.52. The number of unbranched alkanes of at least 4 members (excludes halogenated alkanes) is 12. The first-order valence-electron chi connectivity index (χ1n) is 14.3. The SMILES string of the molecule is CCCCCCC(=CC(=O)O)CCCCCC.CCCCCCC(=CC(=O)O)CCCCCC.[Zn]. The average molecular weight is 546 g/mol. The smallest absolute Gasteiger partial charge is 0.328 e. The van der Waals surface area contributed by atoms with Gasteiger partial charge in [-0.3, -0.25) is 0 Å². The van der Waals surface area contributed by atoms with Crippen LogP contribution in [0.5, 0.6) is 0 Å². The van der Waals surface area contributed by atoms with Gasteiger partial charge in [0, 0.05) is 31.6 Å². The minimum atomic E-state index is -0.786. The van der Waals surface area contributed by atoms with E-state index in [1.807, 2.05) is 0 Å². The van der Waals surface area contributed by atoms with E-state index in [9.17, 15) is 9.59 Å². The van der Waals surface area contributed by atoms with Crippen LogP contribution >= 0.6 is 0 Å². The molecule has 0 aromatic heterocycles. The van der Waals surface area contributed by atoms with Crippen molar-refractivity contribution < 1.29 is 39.3 Å². The van der Waals surface area contributed by atoms with Gasteiger partial charge < -0.3 is 10.2 Å². The Balaban J connectivity index is -0.000000569. The number of hydrogen-bond acceptors (Lipinski definition) is 2. The molecule has 0 spiro atoms. The van der Waals surface area contributed by atoms with Crippen LogP contribution in [0.3, 0.4) is 0 Å². The van der Waals surface area contributed by atoms with Crippen molar-refractivity contribution in [3.8, 4) is 0 Å². The molecule has 2 N–H and O–H groups in total. The molecule has 0 aromatic rings. The summed E-state index contributed by atoms with van der Waals surface area (Å²) >= 11 is 0. The van der Waals surface area contributed by atoms with Crippen molar-refractivity contribution in [2.24, 2.45) is 0 Å². The Morgan fingerprint density at radius 1 is 0.457 bits per heavy atom. The van der Waals surface area contributed by atoms with Gasteiger partial charge in [0.05, 0.1) is 0 Å². The standard InChI is InChI=1S/2C15H28O2.Zn/c2*1-3-5-7-9-11-14(13-15(16)17)12-10-8-6-4-2;/h2*13H,3-12H2,1-2H3,(H,16,17);. The number of aliphatic carboxylic acids is 2. The summed E-state index contributed by atoms with van der Waals surface area (Å²) in [5.74, 6) is -1.57. The van der Waals surface area contributed by atoms with E-state index in [-0.39, 0.29) is 19.5 Å². The van der Waals surface area contributed by atoms with Crippen LogP contribution in [-0.2, 0) is 29.1 Å². The van der Waals surface area contributed by atoms with E-state index < -0.39 is 11.9 Å². The average Bonchev–Trinajstić information content (AvgIpc) is 2.79. The largest absolute Gasteiger partial charge is 0.478 e. The van der Waals surface area contributed by atoms with E-state index in [0.29, 0.717) is 0 Å². The molecule has 0 fully saturated rings. The molecule has 0 atom stereocenters. The topological polar surface area (TPSA) is 74.6 Å². The third kappa shape index (κ3) is 33.0. The van der Waals surface area contributed by atoms with Crippen molar-refractivity contribution in [2.75, 3.05) is 0 Å². The van der Waals surface area contributed by atoms with Crippen molar-refractivity contribution in [3.63, 3.8) is 0 Å². The zero-order valence-corrected chi connectivity index (χ0v) is 26.7. The minimum absolute atomic E-state index is 0. The molecule has 0 aliphatic carbocycles. The van der Waals surface area contributed by atoms with Gasteiger partial charge in [0.15, 0.2) is 0 Å². The predicted octanol–water partition coefficient (Wildman–Crippen LogP) is 9.87. The summed E-state index contributed by atoms with van der Waals surface area (Å²) in [5, 5.41) is 17.6. The number of carboxylic acid groups (broad SMARTS) is 2. The van der Waals surface area contributed by atoms with E-state index in [1.54, 1.807) is 0 Å². The van der Waals surface area contributed by atoms with Gasteiger partial charge in [-0.15, -0.1) is 0 Å². The molecular formula is C30H56O4Zn. The van der Waals surface area contributed by atoms with Crippen LogP contribution in [-0.4, -0.2) is 22.2 Å². The van der Waals surface area contributed by atoms with Crippen molar-refractivity contribution >= 4 is 11.9 Å². The fourth-order valence-corrected chi connectivity index (χ4v) is 4.00. The first-order chi connectivity index (χ1) is 16.4. The molecule has 35 heavy (non-hydrogen) atoms. The molecule has 0 aliphatic rings. The van der Waals surface area contributed by atoms with Crippen LogP contribution < -0.4 is 0 Å². The molecule has 0 rings (SSSR count). The number of carbonyl (C=O) groups is 2. The number of rotatable bonds is 22. The Morgan fingerprint density at radius 3 is 0.857 bits per heavy atom. The van der Waals surface area contributed by atoms with E-state index in [2.05, 4.69) is 27.7 Å². The number of allylic oxidation sites excluding steroid dienone is 2. The monoisotopic (exact) mass is 544 g/mol. The summed E-state index contributed by atoms with van der Waals surface area (Å²) in [6.45, 7) is 8.77. The fraction of sp³-hybridized carbons (Fsp3) is 0.800. The summed E-state index contributed by atoms with van der Waals surface area (Å²) in [6.07, 6.45) is 26.2. The van der Waals surface area contributed by atoms with Crippen molar-refractivity contribution in [1.82, 2.24) is 0 Å². The summed E-state index contributed by atoms with van der Waals surface area (Å²) in [7, 11) is 0. The van der Waals surface area contributed by atoms with E-state index in [4.69, 9.17) is 10.2 Å². The van der Waals surface area contributed by atoms with Gasteiger partial charge in [-0.05, 0) is 51.4 Å². The molecule has 202 valence electrons. The first-order valence-corrected chi connectivity index (χ1v) is 14.3. The molecule has 0 radical (unpaired) electrons. The first kappa shape index (κ1) is 38.6. The molecule has 0 amide bonds. The molecule has 5 heteroatoms. The molecule has 0 bridgehead atoms. The summed E-state index contributed by atoms with van der Waals surface area (Å²) in [6, 6.07) is 0. The van der Waals surface area contributed by atoms with Gasteiger partial charge in [0.2, 0.25) is 0 Å². The normalized spacial score (nSPS) is 9.94. The van der Waals surface area contributed by atoms with Crippen LogP contribution in [0.15, 0.2) is 23.3 Å². The summed E-state index contributed by atoms with van der Waals surface area (Å²) in [5.41, 5.74) is 2.26. The van der Waals surface area contributed by atoms with Crippen LogP contribution in [0.4, 0.5) is 0 Å². The molecule has 0 aromatic carbocycles.